The quantitative estimate of drug-likeness (QED) is 0.0670. The number of hydrogen-bond donors (Lipinski definition) is 6. The van der Waals surface area contributed by atoms with Crippen molar-refractivity contribution >= 4 is 67.9 Å². The van der Waals surface area contributed by atoms with Crippen molar-refractivity contribution in [2.45, 2.75) is 20.8 Å². The first-order valence-electron chi connectivity index (χ1n) is 22.8. The fourth-order valence-electron chi connectivity index (χ4n) is 7.92. The molecule has 0 saturated heterocycles. The van der Waals surface area contributed by atoms with Crippen LogP contribution in [0.25, 0.3) is 65.7 Å². The maximum Gasteiger partial charge on any atom is 0.354 e. The number of carbonyl (C=O) groups excluding carboxylic acids is 3. The fraction of sp³-hybridized carbons (Fsp3) is 0.105. The Bertz CT molecular complexity index is 3160. The minimum Gasteiger partial charge on any atom is -0.477 e. The summed E-state index contributed by atoms with van der Waals surface area (Å²) in [4.78, 5) is 82.3. The molecule has 0 aliphatic heterocycles. The van der Waals surface area contributed by atoms with E-state index in [0.29, 0.717) is 36.3 Å². The smallest absolute Gasteiger partial charge is 0.354 e. The van der Waals surface area contributed by atoms with Gasteiger partial charge in [-0.2, -0.15) is 0 Å². The molecule has 0 spiro atoms. The fourth-order valence-corrected chi connectivity index (χ4v) is 7.92. The van der Waals surface area contributed by atoms with Crippen molar-refractivity contribution in [1.29, 1.82) is 0 Å². The van der Waals surface area contributed by atoms with Crippen molar-refractivity contribution in [3.8, 4) is 33.4 Å². The van der Waals surface area contributed by atoms with Crippen molar-refractivity contribution < 1.29 is 82.3 Å². The van der Waals surface area contributed by atoms with Crippen LogP contribution in [-0.2, 0) is 0 Å². The van der Waals surface area contributed by atoms with E-state index in [2.05, 4.69) is 30.9 Å². The van der Waals surface area contributed by atoms with Gasteiger partial charge in [0.05, 0.1) is 0 Å². The molecule has 0 fully saturated rings. The maximum atomic E-state index is 12.1. The van der Waals surface area contributed by atoms with Crippen molar-refractivity contribution in [1.82, 2.24) is 30.9 Å². The molecule has 15 nitrogen and oxygen atoms in total. The second kappa shape index (κ2) is 25.2. The number of rotatable bonds is 12. The van der Waals surface area contributed by atoms with Crippen LogP contribution in [0.3, 0.4) is 0 Å². The zero-order chi connectivity index (χ0) is 51.3. The van der Waals surface area contributed by atoms with Crippen molar-refractivity contribution in [3.05, 3.63) is 198 Å². The number of pyridine rings is 3. The van der Waals surface area contributed by atoms with E-state index in [9.17, 15) is 44.1 Å². The molecule has 3 aromatic heterocycles. The second-order valence-corrected chi connectivity index (χ2v) is 16.0. The number of nitrogens with zero attached hydrogens (tertiary/aromatic N) is 3. The summed E-state index contributed by atoms with van der Waals surface area (Å²) in [6, 6.07) is 50.3. The molecule has 0 saturated carbocycles. The van der Waals surface area contributed by atoms with Crippen LogP contribution in [0.15, 0.2) is 164 Å². The van der Waals surface area contributed by atoms with Crippen LogP contribution < -0.4 is 16.0 Å². The summed E-state index contributed by atoms with van der Waals surface area (Å²) in [5.41, 5.74) is 4.39. The SMILES string of the molecule is CCNC(=O)c1cc(-c2cccc3ccccc23)cc(C(=O)O)n1.CCNC(=O)c1cc(-c2cccc3ccccc23)cc(C(=O)O)n1.CCNC(=O)c1cc(-c2cccc3ccccc23)cc(C(=O)O)n1.[Dy]. The third-order valence-corrected chi connectivity index (χ3v) is 11.1. The normalized spacial score (nSPS) is 10.4. The van der Waals surface area contributed by atoms with Crippen LogP contribution in [0.4, 0.5) is 0 Å². The predicted molar refractivity (Wildman–Crippen MR) is 276 cm³/mol. The van der Waals surface area contributed by atoms with Gasteiger partial charge >= 0.3 is 17.9 Å². The first-order chi connectivity index (χ1) is 34.8. The van der Waals surface area contributed by atoms with Gasteiger partial charge in [0.25, 0.3) is 17.7 Å². The molecule has 3 heterocycles. The van der Waals surface area contributed by atoms with Gasteiger partial charge in [0, 0.05) is 57.8 Å². The summed E-state index contributed by atoms with van der Waals surface area (Å²) in [7, 11) is 0. The average molecular weight is 1120 g/mol. The standard InChI is InChI=1S/3C19H16N2O3.Dy/c3*1-2-20-18(22)16-10-13(11-17(21-16)19(23)24)15-9-5-7-12-6-3-4-8-14(12)15;/h3*3-11H,2H2,1H3,(H,20,22)(H,23,24);. The third-order valence-electron chi connectivity index (χ3n) is 11.1. The molecule has 0 radical (unpaired) electrons. The summed E-state index contributed by atoms with van der Waals surface area (Å²) in [5.74, 6) is -4.65. The molecule has 370 valence electrons. The molecule has 0 unspecified atom stereocenters. The Hall–Kier alpha value is -8.36. The zero-order valence-electron chi connectivity index (χ0n) is 39.7. The summed E-state index contributed by atoms with van der Waals surface area (Å²) >= 11 is 0. The van der Waals surface area contributed by atoms with Crippen LogP contribution in [0.5, 0.6) is 0 Å². The number of nitrogens with one attached hydrogen (secondary N) is 3. The number of amides is 3. The molecule has 6 aromatic carbocycles. The van der Waals surface area contributed by atoms with Crippen LogP contribution >= 0.6 is 0 Å². The van der Waals surface area contributed by atoms with Gasteiger partial charge < -0.3 is 31.3 Å². The van der Waals surface area contributed by atoms with Gasteiger partial charge in [-0.25, -0.2) is 29.3 Å². The summed E-state index contributed by atoms with van der Waals surface area (Å²) in [6.45, 7) is 6.73. The summed E-state index contributed by atoms with van der Waals surface area (Å²) in [5, 5.41) is 42.0. The molecular formula is C57H48DyN6O9. The van der Waals surface area contributed by atoms with Gasteiger partial charge in [-0.15, -0.1) is 0 Å². The molecule has 3 amide bonds. The molecule has 9 rings (SSSR count). The van der Waals surface area contributed by atoms with Crippen molar-refractivity contribution in [2.24, 2.45) is 0 Å². The number of aromatic nitrogens is 3. The topological polar surface area (TPSA) is 238 Å². The first-order valence-corrected chi connectivity index (χ1v) is 22.8. The number of hydrogen-bond acceptors (Lipinski definition) is 9. The van der Waals surface area contributed by atoms with E-state index in [-0.39, 0.29) is 90.1 Å². The Balaban J connectivity index is 0.000000177. The van der Waals surface area contributed by atoms with Gasteiger partial charge in [0.2, 0.25) is 0 Å². The van der Waals surface area contributed by atoms with E-state index in [0.717, 1.165) is 49.0 Å². The Kier molecular flexibility index (Phi) is 18.6. The molecular weight excluding hydrogens is 1080 g/mol. The van der Waals surface area contributed by atoms with E-state index in [4.69, 9.17) is 0 Å². The van der Waals surface area contributed by atoms with Gasteiger partial charge in [-0.1, -0.05) is 127 Å². The van der Waals surface area contributed by atoms with E-state index in [1.165, 1.54) is 18.2 Å². The van der Waals surface area contributed by atoms with E-state index >= 15 is 0 Å². The summed E-state index contributed by atoms with van der Waals surface area (Å²) in [6.07, 6.45) is 0. The van der Waals surface area contributed by atoms with Gasteiger partial charge in [0.1, 0.15) is 34.2 Å². The summed E-state index contributed by atoms with van der Waals surface area (Å²) < 4.78 is 0. The second-order valence-electron chi connectivity index (χ2n) is 16.0. The van der Waals surface area contributed by atoms with Crippen molar-refractivity contribution in [3.63, 3.8) is 0 Å². The van der Waals surface area contributed by atoms with Crippen molar-refractivity contribution in [2.75, 3.05) is 19.6 Å². The minimum atomic E-state index is -1.16. The zero-order valence-corrected chi connectivity index (χ0v) is 41.7. The molecule has 0 aliphatic carbocycles. The number of carboxylic acids is 3. The van der Waals surface area contributed by atoms with Gasteiger partial charge in [-0.3, -0.25) is 14.4 Å². The number of benzene rings is 6. The largest absolute Gasteiger partial charge is 0.477 e. The molecule has 73 heavy (non-hydrogen) atoms. The molecule has 0 aliphatic rings. The number of fused-ring (bicyclic) bond motifs is 3. The Morgan fingerprint density at radius 2 is 0.589 bits per heavy atom. The maximum absolute atomic E-state index is 12.1. The van der Waals surface area contributed by atoms with Crippen LogP contribution in [0.1, 0.15) is 83.7 Å². The number of aromatic carboxylic acids is 3. The van der Waals surface area contributed by atoms with Gasteiger partial charge in [-0.05, 0) is 123 Å². The number of carboxylic acid groups (broad SMARTS) is 3. The molecule has 16 heteroatoms. The molecule has 0 bridgehead atoms. The van der Waals surface area contributed by atoms with E-state index in [1.54, 1.807) is 39.0 Å². The van der Waals surface area contributed by atoms with Crippen LogP contribution in [-0.4, -0.2) is 85.5 Å². The monoisotopic (exact) mass is 1120 g/mol. The first kappa shape index (κ1) is 54.0. The number of carbonyl (C=O) groups is 6. The van der Waals surface area contributed by atoms with Gasteiger partial charge in [0.15, 0.2) is 0 Å². The van der Waals surface area contributed by atoms with E-state index < -0.39 is 17.9 Å². The molecule has 6 N–H and O–H groups in total. The Morgan fingerprint density at radius 1 is 0.356 bits per heavy atom. The minimum absolute atomic E-state index is 0. The molecule has 9 aromatic rings. The Labute approximate surface area is 449 Å². The average Bonchev–Trinajstić information content (AvgIpc) is 3.40. The molecule has 0 atom stereocenters. The van der Waals surface area contributed by atoms with Crippen LogP contribution in [0, 0.1) is 38.2 Å². The third kappa shape index (κ3) is 13.1. The van der Waals surface area contributed by atoms with E-state index in [1.807, 2.05) is 127 Å². The Morgan fingerprint density at radius 3 is 0.836 bits per heavy atom. The van der Waals surface area contributed by atoms with Crippen LogP contribution in [0.2, 0.25) is 0 Å². The predicted octanol–water partition coefficient (Wildman–Crippen LogP) is 10.0.